The number of nitrogens with zero attached hydrogens (tertiary/aromatic N) is 1. The number of hydrogen-bond acceptors (Lipinski definition) is 5. The normalized spacial score (nSPS) is 45.7. The Hall–Kier alpha value is -0.880. The average Bonchev–Trinajstić information content (AvgIpc) is 3.63. The Labute approximate surface area is 218 Å². The van der Waals surface area contributed by atoms with Crippen molar-refractivity contribution in [3.05, 3.63) is 24.2 Å². The van der Waals surface area contributed by atoms with Crippen LogP contribution in [0.5, 0.6) is 0 Å². The molecule has 0 spiro atoms. The SMILES string of the molecule is CC(OC1C[C@@]2(C)C(CC[C@@H]3[C@H]2CC[C@]2(C)C(c4ccoc4)CC[C@@H]32)CC1OCCN)N1CCCC1. The van der Waals surface area contributed by atoms with Gasteiger partial charge in [-0.2, -0.15) is 0 Å². The summed E-state index contributed by atoms with van der Waals surface area (Å²) in [5.74, 6) is 3.95. The fourth-order valence-electron chi connectivity index (χ4n) is 10.2. The van der Waals surface area contributed by atoms with Gasteiger partial charge >= 0.3 is 0 Å². The van der Waals surface area contributed by atoms with Gasteiger partial charge in [-0.1, -0.05) is 13.8 Å². The van der Waals surface area contributed by atoms with Gasteiger partial charge < -0.3 is 19.6 Å². The zero-order valence-corrected chi connectivity index (χ0v) is 23.0. The lowest BCUT2D eigenvalue weighted by Gasteiger charge is -2.62. The van der Waals surface area contributed by atoms with Crippen molar-refractivity contribution in [1.29, 1.82) is 0 Å². The molecule has 4 saturated carbocycles. The number of hydrogen-bond donors (Lipinski definition) is 1. The summed E-state index contributed by atoms with van der Waals surface area (Å²) in [6.45, 7) is 11.1. The first-order valence-electron chi connectivity index (χ1n) is 15.2. The molecular formula is C31H50N2O3. The van der Waals surface area contributed by atoms with Crippen LogP contribution in [0.2, 0.25) is 0 Å². The van der Waals surface area contributed by atoms with Crippen LogP contribution in [0.25, 0.3) is 0 Å². The van der Waals surface area contributed by atoms with Gasteiger partial charge in [0.05, 0.1) is 31.3 Å². The van der Waals surface area contributed by atoms with Crippen LogP contribution < -0.4 is 5.73 Å². The molecule has 1 aliphatic heterocycles. The van der Waals surface area contributed by atoms with Gasteiger partial charge in [0.2, 0.25) is 0 Å². The van der Waals surface area contributed by atoms with E-state index in [-0.39, 0.29) is 18.4 Å². The highest BCUT2D eigenvalue weighted by atomic mass is 16.6. The fraction of sp³-hybridized carbons (Fsp3) is 0.871. The van der Waals surface area contributed by atoms with E-state index >= 15 is 0 Å². The van der Waals surface area contributed by atoms with Gasteiger partial charge in [-0.3, -0.25) is 4.90 Å². The maximum absolute atomic E-state index is 6.90. The van der Waals surface area contributed by atoms with Gasteiger partial charge in [0.1, 0.15) is 6.23 Å². The average molecular weight is 499 g/mol. The molecule has 36 heavy (non-hydrogen) atoms. The topological polar surface area (TPSA) is 60.9 Å². The van der Waals surface area contributed by atoms with Crippen LogP contribution in [-0.2, 0) is 9.47 Å². The molecule has 0 amide bonds. The molecule has 2 heterocycles. The molecule has 5 nitrogen and oxygen atoms in total. The van der Waals surface area contributed by atoms with Crippen LogP contribution in [0.4, 0.5) is 0 Å². The number of fused-ring (bicyclic) bond motifs is 5. The third-order valence-electron chi connectivity index (χ3n) is 12.1. The van der Waals surface area contributed by atoms with E-state index in [0.29, 0.717) is 29.9 Å². The molecule has 1 saturated heterocycles. The van der Waals surface area contributed by atoms with Crippen LogP contribution in [0, 0.1) is 34.5 Å². The predicted molar refractivity (Wildman–Crippen MR) is 142 cm³/mol. The smallest absolute Gasteiger partial charge is 0.108 e. The van der Waals surface area contributed by atoms with E-state index in [4.69, 9.17) is 19.6 Å². The number of ether oxygens (including phenoxy) is 2. The summed E-state index contributed by atoms with van der Waals surface area (Å²) in [7, 11) is 0. The van der Waals surface area contributed by atoms with E-state index in [0.717, 1.165) is 36.5 Å². The molecule has 1 aromatic rings. The van der Waals surface area contributed by atoms with Crippen LogP contribution in [0.3, 0.4) is 0 Å². The molecule has 5 aliphatic rings. The van der Waals surface area contributed by atoms with Crippen LogP contribution in [-0.4, -0.2) is 49.6 Å². The highest BCUT2D eigenvalue weighted by molar-refractivity contribution is 5.22. The Morgan fingerprint density at radius 1 is 1.06 bits per heavy atom. The lowest BCUT2D eigenvalue weighted by Crippen LogP contribution is -2.58. The first kappa shape index (κ1) is 25.4. The van der Waals surface area contributed by atoms with Crippen molar-refractivity contribution < 1.29 is 13.9 Å². The van der Waals surface area contributed by atoms with E-state index in [2.05, 4.69) is 31.7 Å². The van der Waals surface area contributed by atoms with Gasteiger partial charge in [-0.25, -0.2) is 0 Å². The largest absolute Gasteiger partial charge is 0.472 e. The molecule has 4 aliphatic carbocycles. The number of nitrogens with two attached hydrogens (primary N) is 1. The van der Waals surface area contributed by atoms with Gasteiger partial charge in [-0.05, 0) is 123 Å². The Bertz CT molecular complexity index is 869. The molecule has 10 atom stereocenters. The number of rotatable bonds is 7. The summed E-state index contributed by atoms with van der Waals surface area (Å²) in [6, 6.07) is 2.23. The second kappa shape index (κ2) is 10.0. The zero-order chi connectivity index (χ0) is 24.9. The van der Waals surface area contributed by atoms with Crippen molar-refractivity contribution in [3.8, 4) is 0 Å². The first-order valence-corrected chi connectivity index (χ1v) is 15.2. The molecular weight excluding hydrogens is 448 g/mol. The number of furan rings is 1. The van der Waals surface area contributed by atoms with Crippen molar-refractivity contribution in [2.75, 3.05) is 26.2 Å². The second-order valence-electron chi connectivity index (χ2n) is 13.5. The van der Waals surface area contributed by atoms with Crippen molar-refractivity contribution in [2.45, 2.75) is 109 Å². The minimum Gasteiger partial charge on any atom is -0.472 e. The zero-order valence-electron chi connectivity index (χ0n) is 23.0. The van der Waals surface area contributed by atoms with Gasteiger partial charge in [-0.15, -0.1) is 0 Å². The molecule has 0 bridgehead atoms. The summed E-state index contributed by atoms with van der Waals surface area (Å²) in [6.07, 6.45) is 17.6. The summed E-state index contributed by atoms with van der Waals surface area (Å²) in [5.41, 5.74) is 8.09. The third kappa shape index (κ3) is 4.21. The highest BCUT2D eigenvalue weighted by Crippen LogP contribution is 2.69. The minimum absolute atomic E-state index is 0.182. The Kier molecular flexibility index (Phi) is 7.07. The number of likely N-dealkylation sites (tertiary alicyclic amines) is 1. The van der Waals surface area contributed by atoms with Crippen LogP contribution >= 0.6 is 0 Å². The Morgan fingerprint density at radius 3 is 2.61 bits per heavy atom. The fourth-order valence-corrected chi connectivity index (χ4v) is 10.2. The lowest BCUT2D eigenvalue weighted by atomic mass is 9.44. The van der Waals surface area contributed by atoms with Crippen LogP contribution in [0.15, 0.2) is 23.0 Å². The standard InChI is InChI=1S/C31H50N2O3/c1-21(33-14-4-5-15-33)36-29-19-31(3)23(18-28(29)35-17-13-32)6-7-24-26-9-8-25(22-11-16-34-20-22)30(26,2)12-10-27(24)31/h11,16,20-21,23-29H,4-10,12-15,17-19,32H2,1-3H3/t21?,23?,24-,25?,26-,27+,28?,29?,30+,31-/m0/s1. The predicted octanol–water partition coefficient (Wildman–Crippen LogP) is 6.19. The van der Waals surface area contributed by atoms with Crippen LogP contribution in [0.1, 0.15) is 96.5 Å². The summed E-state index contributed by atoms with van der Waals surface area (Å²) < 4.78 is 18.8. The lowest BCUT2D eigenvalue weighted by molar-refractivity contribution is -0.207. The van der Waals surface area contributed by atoms with E-state index in [9.17, 15) is 0 Å². The molecule has 5 fully saturated rings. The molecule has 202 valence electrons. The monoisotopic (exact) mass is 498 g/mol. The Balaban J connectivity index is 1.22. The van der Waals surface area contributed by atoms with E-state index < -0.39 is 0 Å². The molecule has 5 unspecified atom stereocenters. The van der Waals surface area contributed by atoms with E-state index in [1.165, 1.54) is 70.0 Å². The van der Waals surface area contributed by atoms with Gasteiger partial charge in [0.25, 0.3) is 0 Å². The van der Waals surface area contributed by atoms with Crippen molar-refractivity contribution in [2.24, 2.45) is 40.2 Å². The minimum atomic E-state index is 0.182. The quantitative estimate of drug-likeness (QED) is 0.486. The maximum Gasteiger partial charge on any atom is 0.108 e. The Morgan fingerprint density at radius 2 is 1.86 bits per heavy atom. The van der Waals surface area contributed by atoms with Crippen molar-refractivity contribution in [1.82, 2.24) is 4.90 Å². The summed E-state index contributed by atoms with van der Waals surface area (Å²) in [5, 5.41) is 0. The third-order valence-corrected chi connectivity index (χ3v) is 12.1. The second-order valence-corrected chi connectivity index (χ2v) is 13.5. The molecule has 6 rings (SSSR count). The molecule has 0 radical (unpaired) electrons. The summed E-state index contributed by atoms with van der Waals surface area (Å²) in [4.78, 5) is 2.53. The molecule has 5 heteroatoms. The summed E-state index contributed by atoms with van der Waals surface area (Å²) >= 11 is 0. The molecule has 1 aromatic heterocycles. The highest BCUT2D eigenvalue weighted by Gasteiger charge is 2.61. The first-order chi connectivity index (χ1) is 17.4. The molecule has 2 N–H and O–H groups in total. The van der Waals surface area contributed by atoms with E-state index in [1.54, 1.807) is 0 Å². The molecule has 0 aromatic carbocycles. The van der Waals surface area contributed by atoms with Gasteiger partial charge in [0, 0.05) is 19.6 Å². The van der Waals surface area contributed by atoms with Crippen molar-refractivity contribution >= 4 is 0 Å². The van der Waals surface area contributed by atoms with Gasteiger partial charge in [0.15, 0.2) is 0 Å². The van der Waals surface area contributed by atoms with E-state index in [1.807, 2.05) is 12.5 Å². The maximum atomic E-state index is 6.90. The van der Waals surface area contributed by atoms with Crippen molar-refractivity contribution in [3.63, 3.8) is 0 Å².